The summed E-state index contributed by atoms with van der Waals surface area (Å²) in [5.41, 5.74) is 2.03. The number of nitrogens with one attached hydrogen (secondary N) is 2. The first-order valence-corrected chi connectivity index (χ1v) is 12.1. The zero-order valence-corrected chi connectivity index (χ0v) is 19.5. The molecule has 5 rings (SSSR count). The van der Waals surface area contributed by atoms with Crippen molar-refractivity contribution < 1.29 is 4.74 Å². The number of aryl methyl sites for hydroxylation is 1. The van der Waals surface area contributed by atoms with Gasteiger partial charge in [0.2, 0.25) is 0 Å². The summed E-state index contributed by atoms with van der Waals surface area (Å²) in [4.78, 5) is 21.5. The van der Waals surface area contributed by atoms with E-state index in [2.05, 4.69) is 47.2 Å². The predicted octanol–water partition coefficient (Wildman–Crippen LogP) is 3.52. The van der Waals surface area contributed by atoms with Gasteiger partial charge in [-0.25, -0.2) is 19.9 Å². The molecule has 172 valence electrons. The molecule has 33 heavy (non-hydrogen) atoms. The molecule has 1 fully saturated rings. The van der Waals surface area contributed by atoms with Crippen molar-refractivity contribution >= 4 is 38.5 Å². The fourth-order valence-corrected chi connectivity index (χ4v) is 4.69. The summed E-state index contributed by atoms with van der Waals surface area (Å²) in [5, 5.41) is 7.67. The van der Waals surface area contributed by atoms with E-state index in [1.54, 1.807) is 6.20 Å². The minimum absolute atomic E-state index is 0.729. The second-order valence-electron chi connectivity index (χ2n) is 8.05. The van der Waals surface area contributed by atoms with Crippen LogP contribution in [-0.4, -0.2) is 68.8 Å². The maximum atomic E-state index is 5.43. The van der Waals surface area contributed by atoms with Gasteiger partial charge in [-0.1, -0.05) is 11.3 Å². The van der Waals surface area contributed by atoms with Gasteiger partial charge in [-0.05, 0) is 49.7 Å². The molecule has 1 aliphatic rings. The van der Waals surface area contributed by atoms with Crippen LogP contribution < -0.4 is 10.6 Å². The van der Waals surface area contributed by atoms with Gasteiger partial charge in [0.15, 0.2) is 5.13 Å². The van der Waals surface area contributed by atoms with E-state index in [4.69, 9.17) is 9.72 Å². The van der Waals surface area contributed by atoms with Gasteiger partial charge < -0.3 is 19.9 Å². The van der Waals surface area contributed by atoms with Gasteiger partial charge >= 0.3 is 0 Å². The van der Waals surface area contributed by atoms with Gasteiger partial charge in [0.05, 0.1) is 13.2 Å². The number of aromatic nitrogens is 5. The molecule has 0 saturated carbocycles. The normalized spacial score (nSPS) is 14.6. The molecule has 0 spiro atoms. The molecule has 0 aliphatic carbocycles. The number of anilines is 3. The van der Waals surface area contributed by atoms with Gasteiger partial charge in [0, 0.05) is 44.8 Å². The Morgan fingerprint density at radius 2 is 1.97 bits per heavy atom. The molecule has 0 atom stereocenters. The van der Waals surface area contributed by atoms with E-state index < -0.39 is 0 Å². The van der Waals surface area contributed by atoms with Gasteiger partial charge in [0.1, 0.15) is 27.8 Å². The van der Waals surface area contributed by atoms with Gasteiger partial charge in [0.25, 0.3) is 0 Å². The predicted molar refractivity (Wildman–Crippen MR) is 131 cm³/mol. The van der Waals surface area contributed by atoms with Crippen molar-refractivity contribution in [1.29, 1.82) is 0 Å². The summed E-state index contributed by atoms with van der Waals surface area (Å²) in [6.45, 7) is 8.37. The van der Waals surface area contributed by atoms with Crippen LogP contribution >= 0.6 is 11.3 Å². The van der Waals surface area contributed by atoms with Crippen LogP contribution in [0.25, 0.3) is 10.3 Å². The molecule has 9 nitrogen and oxygen atoms in total. The number of rotatable bonds is 9. The number of morpholine rings is 1. The Kier molecular flexibility index (Phi) is 6.75. The van der Waals surface area contributed by atoms with Crippen LogP contribution in [0.15, 0.2) is 42.9 Å². The fourth-order valence-electron chi connectivity index (χ4n) is 3.88. The molecular formula is C23H28N8OS. The molecule has 1 saturated heterocycles. The fraction of sp³-hybridized carbons (Fsp3) is 0.391. The van der Waals surface area contributed by atoms with Crippen LogP contribution in [0.2, 0.25) is 0 Å². The first-order chi connectivity index (χ1) is 16.2. The number of nitrogens with zero attached hydrogens (tertiary/aromatic N) is 6. The Morgan fingerprint density at radius 3 is 2.79 bits per heavy atom. The molecule has 10 heteroatoms. The molecule has 4 aromatic rings. The van der Waals surface area contributed by atoms with Crippen molar-refractivity contribution in [2.45, 2.75) is 19.9 Å². The zero-order valence-electron chi connectivity index (χ0n) is 18.7. The minimum Gasteiger partial charge on any atom is -0.379 e. The number of hydrogen-bond acceptors (Lipinski definition) is 9. The molecule has 0 amide bonds. The number of hydrogen-bond donors (Lipinski definition) is 2. The number of thiazole rings is 1. The number of pyridine rings is 2. The zero-order chi connectivity index (χ0) is 22.5. The van der Waals surface area contributed by atoms with Crippen LogP contribution in [0.5, 0.6) is 0 Å². The van der Waals surface area contributed by atoms with Gasteiger partial charge in [-0.3, -0.25) is 4.90 Å². The summed E-state index contributed by atoms with van der Waals surface area (Å²) < 4.78 is 7.56. The SMILES string of the molecule is Cc1nccn1Cc1cc(NCCCN2CCOCC2)nc(Nc2nc3cccnc3s2)c1. The van der Waals surface area contributed by atoms with E-state index in [0.717, 1.165) is 90.9 Å². The summed E-state index contributed by atoms with van der Waals surface area (Å²) in [7, 11) is 0. The minimum atomic E-state index is 0.729. The standard InChI is InChI=1S/C23H28N8OS/c1-17-24-7-9-31(17)16-18-14-20(25-6-3-8-30-10-12-32-13-11-30)28-21(15-18)29-23-27-19-4-2-5-26-22(19)33-23/h2,4-5,7,9,14-15H,3,6,8,10-13,16H2,1H3,(H2,25,27,28,29). The number of fused-ring (bicyclic) bond motifs is 1. The quantitative estimate of drug-likeness (QED) is 0.364. The van der Waals surface area contributed by atoms with Crippen LogP contribution in [0.4, 0.5) is 16.8 Å². The van der Waals surface area contributed by atoms with Gasteiger partial charge in [-0.15, -0.1) is 0 Å². The van der Waals surface area contributed by atoms with Crippen molar-refractivity contribution in [2.75, 3.05) is 50.0 Å². The lowest BCUT2D eigenvalue weighted by molar-refractivity contribution is 0.0378. The molecule has 1 aliphatic heterocycles. The second kappa shape index (κ2) is 10.2. The summed E-state index contributed by atoms with van der Waals surface area (Å²) in [6.07, 6.45) is 6.67. The average molecular weight is 465 g/mol. The Bertz CT molecular complexity index is 1170. The van der Waals surface area contributed by atoms with Crippen LogP contribution in [0, 0.1) is 6.92 Å². The molecular weight excluding hydrogens is 436 g/mol. The average Bonchev–Trinajstić information content (AvgIpc) is 3.42. The lowest BCUT2D eigenvalue weighted by atomic mass is 10.2. The largest absolute Gasteiger partial charge is 0.379 e. The van der Waals surface area contributed by atoms with E-state index in [0.29, 0.717) is 0 Å². The topological polar surface area (TPSA) is 93.0 Å². The third-order valence-corrected chi connectivity index (χ3v) is 6.52. The number of ether oxygens (including phenoxy) is 1. The Morgan fingerprint density at radius 1 is 1.09 bits per heavy atom. The van der Waals surface area contributed by atoms with E-state index in [1.165, 1.54) is 11.3 Å². The van der Waals surface area contributed by atoms with Crippen LogP contribution in [-0.2, 0) is 11.3 Å². The molecule has 0 unspecified atom stereocenters. The van der Waals surface area contributed by atoms with E-state index in [1.807, 2.05) is 31.5 Å². The molecule has 0 aromatic carbocycles. The van der Waals surface area contributed by atoms with Crippen molar-refractivity contribution in [3.8, 4) is 0 Å². The van der Waals surface area contributed by atoms with Gasteiger partial charge in [-0.2, -0.15) is 0 Å². The smallest absolute Gasteiger partial charge is 0.190 e. The van der Waals surface area contributed by atoms with Crippen molar-refractivity contribution in [3.05, 3.63) is 54.2 Å². The molecule has 0 radical (unpaired) electrons. The van der Waals surface area contributed by atoms with Crippen LogP contribution in [0.3, 0.4) is 0 Å². The van der Waals surface area contributed by atoms with E-state index >= 15 is 0 Å². The molecule has 4 aromatic heterocycles. The van der Waals surface area contributed by atoms with Crippen molar-refractivity contribution in [1.82, 2.24) is 29.4 Å². The molecule has 5 heterocycles. The van der Waals surface area contributed by atoms with Crippen molar-refractivity contribution in [3.63, 3.8) is 0 Å². The maximum absolute atomic E-state index is 5.43. The summed E-state index contributed by atoms with van der Waals surface area (Å²) in [6, 6.07) is 8.05. The highest BCUT2D eigenvalue weighted by Crippen LogP contribution is 2.27. The Labute approximate surface area is 196 Å². The third kappa shape index (κ3) is 5.65. The highest BCUT2D eigenvalue weighted by atomic mass is 32.1. The summed E-state index contributed by atoms with van der Waals surface area (Å²) in [5.74, 6) is 2.60. The first kappa shape index (κ1) is 21.7. The monoisotopic (exact) mass is 464 g/mol. The van der Waals surface area contributed by atoms with E-state index in [-0.39, 0.29) is 0 Å². The second-order valence-corrected chi connectivity index (χ2v) is 9.03. The number of imidazole rings is 1. The molecule has 0 bridgehead atoms. The van der Waals surface area contributed by atoms with Crippen LogP contribution in [0.1, 0.15) is 17.8 Å². The van der Waals surface area contributed by atoms with E-state index in [9.17, 15) is 0 Å². The lowest BCUT2D eigenvalue weighted by Gasteiger charge is -2.26. The highest BCUT2D eigenvalue weighted by molar-refractivity contribution is 7.21. The Balaban J connectivity index is 1.30. The first-order valence-electron chi connectivity index (χ1n) is 11.2. The lowest BCUT2D eigenvalue weighted by Crippen LogP contribution is -2.37. The van der Waals surface area contributed by atoms with Crippen molar-refractivity contribution in [2.24, 2.45) is 0 Å². The Hall–Kier alpha value is -3.08. The summed E-state index contributed by atoms with van der Waals surface area (Å²) >= 11 is 1.52. The molecule has 2 N–H and O–H groups in total. The highest BCUT2D eigenvalue weighted by Gasteiger charge is 2.11. The maximum Gasteiger partial charge on any atom is 0.190 e. The third-order valence-electron chi connectivity index (χ3n) is 5.62.